The molecule has 26 heavy (non-hydrogen) atoms. The summed E-state index contributed by atoms with van der Waals surface area (Å²) in [6.45, 7) is 3.74. The molecule has 0 spiro atoms. The van der Waals surface area contributed by atoms with Crippen LogP contribution in [-0.2, 0) is 22.5 Å². The highest BCUT2D eigenvalue weighted by atomic mass is 16.5. The van der Waals surface area contributed by atoms with Gasteiger partial charge in [0.2, 0.25) is 0 Å². The Hall–Kier alpha value is -2.95. The molecule has 1 aliphatic carbocycles. The minimum absolute atomic E-state index is 0.0122. The van der Waals surface area contributed by atoms with Crippen molar-refractivity contribution in [2.75, 3.05) is 6.61 Å². The lowest BCUT2D eigenvalue weighted by Gasteiger charge is -2.07. The summed E-state index contributed by atoms with van der Waals surface area (Å²) in [5.74, 6) is -0.170. The van der Waals surface area contributed by atoms with Crippen LogP contribution in [0.5, 0.6) is 0 Å². The summed E-state index contributed by atoms with van der Waals surface area (Å²) in [5, 5.41) is 1.87. The van der Waals surface area contributed by atoms with Crippen molar-refractivity contribution in [2.45, 2.75) is 33.2 Å². The topological polar surface area (TPSA) is 65.4 Å². The van der Waals surface area contributed by atoms with Crippen LogP contribution in [0.1, 0.15) is 46.5 Å². The average Bonchev–Trinajstić information content (AvgIpc) is 3.14. The van der Waals surface area contributed by atoms with Crippen LogP contribution in [0.15, 0.2) is 30.3 Å². The van der Waals surface area contributed by atoms with E-state index in [1.165, 1.54) is 6.92 Å². The molecule has 0 saturated heterocycles. The van der Waals surface area contributed by atoms with Gasteiger partial charge in [0.1, 0.15) is 6.54 Å². The summed E-state index contributed by atoms with van der Waals surface area (Å²) in [5.41, 5.74) is 4.14. The number of carbonyl (C=O) groups is 3. The fraction of sp³-hybridized carbons (Fsp3) is 0.286. The monoisotopic (exact) mass is 349 g/mol. The number of rotatable bonds is 4. The van der Waals surface area contributed by atoms with E-state index in [4.69, 9.17) is 4.74 Å². The number of aromatic nitrogens is 1. The molecule has 1 aliphatic rings. The molecule has 0 unspecified atom stereocenters. The highest BCUT2D eigenvalue weighted by Gasteiger charge is 2.25. The normalized spacial score (nSPS) is 13.4. The van der Waals surface area contributed by atoms with Gasteiger partial charge in [-0.1, -0.05) is 0 Å². The van der Waals surface area contributed by atoms with Gasteiger partial charge in [0.25, 0.3) is 0 Å². The van der Waals surface area contributed by atoms with Crippen molar-refractivity contribution in [3.8, 4) is 0 Å². The van der Waals surface area contributed by atoms with Crippen LogP contribution in [0.3, 0.4) is 0 Å². The molecule has 1 heterocycles. The summed E-state index contributed by atoms with van der Waals surface area (Å²) >= 11 is 0. The van der Waals surface area contributed by atoms with Crippen molar-refractivity contribution >= 4 is 39.3 Å². The van der Waals surface area contributed by atoms with E-state index in [2.05, 4.69) is 0 Å². The number of ketones is 2. The Morgan fingerprint density at radius 2 is 1.88 bits per heavy atom. The quantitative estimate of drug-likeness (QED) is 0.532. The maximum Gasteiger partial charge on any atom is 0.325 e. The largest absolute Gasteiger partial charge is 0.465 e. The average molecular weight is 349 g/mol. The Bertz CT molecular complexity index is 1090. The van der Waals surface area contributed by atoms with Crippen molar-refractivity contribution < 1.29 is 19.1 Å². The van der Waals surface area contributed by atoms with Crippen LogP contribution >= 0.6 is 0 Å². The molecule has 2 aromatic carbocycles. The van der Waals surface area contributed by atoms with E-state index in [0.29, 0.717) is 25.0 Å². The lowest BCUT2D eigenvalue weighted by atomic mass is 10.0. The number of benzene rings is 2. The molecule has 0 atom stereocenters. The zero-order valence-corrected chi connectivity index (χ0v) is 14.8. The second-order valence-corrected chi connectivity index (χ2v) is 6.59. The minimum atomic E-state index is -0.307. The molecule has 0 aliphatic heterocycles. The minimum Gasteiger partial charge on any atom is -0.465 e. The fourth-order valence-corrected chi connectivity index (χ4v) is 3.88. The van der Waals surface area contributed by atoms with Gasteiger partial charge in [-0.05, 0) is 56.2 Å². The van der Waals surface area contributed by atoms with Gasteiger partial charge in [0.15, 0.2) is 11.6 Å². The number of hydrogen-bond donors (Lipinski definition) is 0. The molecule has 4 rings (SSSR count). The van der Waals surface area contributed by atoms with Crippen LogP contribution in [0.25, 0.3) is 21.8 Å². The van der Waals surface area contributed by atoms with E-state index < -0.39 is 0 Å². The van der Waals surface area contributed by atoms with Crippen LogP contribution in [0, 0.1) is 0 Å². The second kappa shape index (κ2) is 6.09. The van der Waals surface area contributed by atoms with Gasteiger partial charge >= 0.3 is 5.97 Å². The van der Waals surface area contributed by atoms with E-state index >= 15 is 0 Å². The summed E-state index contributed by atoms with van der Waals surface area (Å²) in [6.07, 6.45) is 1.19. The molecule has 1 aromatic heterocycles. The molecule has 3 aromatic rings. The zero-order chi connectivity index (χ0) is 18.4. The standard InChI is InChI=1S/C21H19NO4/c1-3-26-20(25)11-22-17-7-4-13(12(2)23)10-16(17)21-15-6-9-19(24)14(15)5-8-18(21)22/h4-5,7-8,10H,3,6,9,11H2,1-2H3. The molecule has 0 bridgehead atoms. The molecule has 0 amide bonds. The molecule has 0 radical (unpaired) electrons. The Labute approximate surface area is 150 Å². The summed E-state index contributed by atoms with van der Waals surface area (Å²) in [7, 11) is 0. The Kier molecular flexibility index (Phi) is 3.87. The zero-order valence-electron chi connectivity index (χ0n) is 14.8. The van der Waals surface area contributed by atoms with Crippen molar-refractivity contribution in [1.29, 1.82) is 0 Å². The van der Waals surface area contributed by atoms with Gasteiger partial charge < -0.3 is 9.30 Å². The predicted molar refractivity (Wildman–Crippen MR) is 98.7 cm³/mol. The molecular weight excluding hydrogens is 330 g/mol. The Balaban J connectivity index is 2.05. The van der Waals surface area contributed by atoms with E-state index in [9.17, 15) is 14.4 Å². The molecule has 0 fully saturated rings. The Morgan fingerprint density at radius 3 is 2.62 bits per heavy atom. The maximum absolute atomic E-state index is 12.2. The van der Waals surface area contributed by atoms with Gasteiger partial charge in [-0.25, -0.2) is 0 Å². The summed E-state index contributed by atoms with van der Waals surface area (Å²) < 4.78 is 7.03. The fourth-order valence-electron chi connectivity index (χ4n) is 3.88. The SMILES string of the molecule is CCOC(=O)Cn1c2ccc(C(C)=O)cc2c2c3c(ccc21)C(=O)CC3. The molecule has 0 N–H and O–H groups in total. The van der Waals surface area contributed by atoms with E-state index in [-0.39, 0.29) is 24.1 Å². The van der Waals surface area contributed by atoms with Crippen molar-refractivity contribution in [3.05, 3.63) is 47.0 Å². The van der Waals surface area contributed by atoms with Crippen molar-refractivity contribution in [2.24, 2.45) is 0 Å². The van der Waals surface area contributed by atoms with E-state index in [1.54, 1.807) is 13.0 Å². The third kappa shape index (κ3) is 2.43. The number of hydrogen-bond acceptors (Lipinski definition) is 4. The maximum atomic E-state index is 12.2. The van der Waals surface area contributed by atoms with Crippen LogP contribution < -0.4 is 0 Å². The first-order chi connectivity index (χ1) is 12.5. The van der Waals surface area contributed by atoms with Crippen molar-refractivity contribution in [3.63, 3.8) is 0 Å². The first kappa shape index (κ1) is 16.5. The van der Waals surface area contributed by atoms with Gasteiger partial charge in [0, 0.05) is 39.4 Å². The number of Topliss-reactive ketones (excluding diaryl/α,β-unsaturated/α-hetero) is 2. The number of fused-ring (bicyclic) bond motifs is 5. The highest BCUT2D eigenvalue weighted by molar-refractivity contribution is 6.16. The van der Waals surface area contributed by atoms with Gasteiger partial charge in [0.05, 0.1) is 6.61 Å². The van der Waals surface area contributed by atoms with Gasteiger partial charge in [-0.3, -0.25) is 14.4 Å². The summed E-state index contributed by atoms with van der Waals surface area (Å²) in [4.78, 5) is 36.1. The molecule has 5 nitrogen and oxygen atoms in total. The van der Waals surface area contributed by atoms with Crippen LogP contribution in [0.4, 0.5) is 0 Å². The number of ether oxygens (including phenoxy) is 1. The van der Waals surface area contributed by atoms with Crippen LogP contribution in [0.2, 0.25) is 0 Å². The number of aryl methyl sites for hydroxylation is 1. The van der Waals surface area contributed by atoms with Crippen molar-refractivity contribution in [1.82, 2.24) is 4.57 Å². The Morgan fingerprint density at radius 1 is 1.12 bits per heavy atom. The molecule has 0 saturated carbocycles. The molecule has 5 heteroatoms. The number of carbonyl (C=O) groups excluding carboxylic acids is 3. The third-order valence-electron chi connectivity index (χ3n) is 5.04. The first-order valence-electron chi connectivity index (χ1n) is 8.79. The second-order valence-electron chi connectivity index (χ2n) is 6.59. The third-order valence-corrected chi connectivity index (χ3v) is 5.04. The van der Waals surface area contributed by atoms with Gasteiger partial charge in [-0.2, -0.15) is 0 Å². The molecule has 132 valence electrons. The van der Waals surface area contributed by atoms with Gasteiger partial charge in [-0.15, -0.1) is 0 Å². The first-order valence-corrected chi connectivity index (χ1v) is 8.79. The van der Waals surface area contributed by atoms with E-state index in [1.807, 2.05) is 28.8 Å². The highest BCUT2D eigenvalue weighted by Crippen LogP contribution is 2.37. The lowest BCUT2D eigenvalue weighted by Crippen LogP contribution is -2.13. The molecular formula is C21H19NO4. The lowest BCUT2D eigenvalue weighted by molar-refractivity contribution is -0.143. The van der Waals surface area contributed by atoms with Crippen LogP contribution in [-0.4, -0.2) is 28.7 Å². The predicted octanol–water partition coefficient (Wildman–Crippen LogP) is 3.69. The smallest absolute Gasteiger partial charge is 0.325 e. The summed E-state index contributed by atoms with van der Waals surface area (Å²) in [6, 6.07) is 9.25. The number of nitrogens with zero attached hydrogens (tertiary/aromatic N) is 1. The van der Waals surface area contributed by atoms with E-state index in [0.717, 1.165) is 32.9 Å². The number of esters is 1.